The SMILES string of the molecule is N#Cc1ccc(C(=O)N/N=C\c2ccccc2OC(=O)c2ccc([N+](=O)[O-])cc2)cc1. The highest BCUT2D eigenvalue weighted by Crippen LogP contribution is 2.19. The second kappa shape index (κ2) is 9.58. The summed E-state index contributed by atoms with van der Waals surface area (Å²) in [5.41, 5.74) is 3.56. The van der Waals surface area contributed by atoms with E-state index in [1.807, 2.05) is 6.07 Å². The smallest absolute Gasteiger partial charge is 0.343 e. The minimum Gasteiger partial charge on any atom is -0.422 e. The van der Waals surface area contributed by atoms with Crippen LogP contribution in [0, 0.1) is 21.4 Å². The zero-order valence-corrected chi connectivity index (χ0v) is 15.9. The molecule has 9 nitrogen and oxygen atoms in total. The predicted octanol–water partition coefficient (Wildman–Crippen LogP) is 3.45. The van der Waals surface area contributed by atoms with Gasteiger partial charge in [-0.3, -0.25) is 14.9 Å². The number of hydrogen-bond acceptors (Lipinski definition) is 7. The maximum Gasteiger partial charge on any atom is 0.343 e. The number of carbonyl (C=O) groups excluding carboxylic acids is 2. The van der Waals surface area contributed by atoms with Crippen molar-refractivity contribution in [3.63, 3.8) is 0 Å². The zero-order chi connectivity index (χ0) is 22.2. The fourth-order valence-electron chi connectivity index (χ4n) is 2.48. The summed E-state index contributed by atoms with van der Waals surface area (Å²) in [5, 5.41) is 23.4. The first-order chi connectivity index (χ1) is 15.0. The summed E-state index contributed by atoms with van der Waals surface area (Å²) >= 11 is 0. The van der Waals surface area contributed by atoms with Gasteiger partial charge in [0.1, 0.15) is 5.75 Å². The Kier molecular flexibility index (Phi) is 6.45. The number of hydrazone groups is 1. The number of carbonyl (C=O) groups is 2. The van der Waals surface area contributed by atoms with E-state index >= 15 is 0 Å². The van der Waals surface area contributed by atoms with Gasteiger partial charge in [0.25, 0.3) is 11.6 Å². The second-order valence-electron chi connectivity index (χ2n) is 6.12. The van der Waals surface area contributed by atoms with Crippen molar-refractivity contribution in [1.82, 2.24) is 5.43 Å². The number of nitrogens with zero attached hydrogens (tertiary/aromatic N) is 3. The van der Waals surface area contributed by atoms with Crippen LogP contribution >= 0.6 is 0 Å². The van der Waals surface area contributed by atoms with Gasteiger partial charge in [-0.2, -0.15) is 10.4 Å². The van der Waals surface area contributed by atoms with Crippen molar-refractivity contribution in [2.45, 2.75) is 0 Å². The van der Waals surface area contributed by atoms with Crippen molar-refractivity contribution < 1.29 is 19.2 Å². The molecule has 152 valence electrons. The average molecular weight is 414 g/mol. The normalized spacial score (nSPS) is 10.3. The largest absolute Gasteiger partial charge is 0.422 e. The van der Waals surface area contributed by atoms with Crippen LogP contribution in [0.5, 0.6) is 5.75 Å². The van der Waals surface area contributed by atoms with E-state index < -0.39 is 16.8 Å². The molecule has 0 unspecified atom stereocenters. The lowest BCUT2D eigenvalue weighted by molar-refractivity contribution is -0.384. The Balaban J connectivity index is 1.68. The lowest BCUT2D eigenvalue weighted by atomic mass is 10.1. The van der Waals surface area contributed by atoms with Crippen LogP contribution in [0.25, 0.3) is 0 Å². The molecule has 0 saturated carbocycles. The number of nitriles is 1. The van der Waals surface area contributed by atoms with Gasteiger partial charge in [0, 0.05) is 23.3 Å². The van der Waals surface area contributed by atoms with E-state index in [1.54, 1.807) is 24.3 Å². The van der Waals surface area contributed by atoms with E-state index in [2.05, 4.69) is 10.5 Å². The quantitative estimate of drug-likeness (QED) is 0.216. The average Bonchev–Trinajstić information content (AvgIpc) is 2.80. The molecule has 1 N–H and O–H groups in total. The van der Waals surface area contributed by atoms with E-state index in [4.69, 9.17) is 10.00 Å². The Bertz CT molecular complexity index is 1200. The maximum atomic E-state index is 12.3. The molecule has 0 fully saturated rings. The van der Waals surface area contributed by atoms with E-state index in [0.717, 1.165) is 0 Å². The summed E-state index contributed by atoms with van der Waals surface area (Å²) in [7, 11) is 0. The molecule has 0 aliphatic heterocycles. The molecule has 3 rings (SSSR count). The predicted molar refractivity (Wildman–Crippen MR) is 111 cm³/mol. The van der Waals surface area contributed by atoms with Crippen molar-refractivity contribution in [3.05, 3.63) is 105 Å². The second-order valence-corrected chi connectivity index (χ2v) is 6.12. The number of non-ortho nitro benzene ring substituents is 1. The molecule has 3 aromatic carbocycles. The summed E-state index contributed by atoms with van der Waals surface area (Å²) in [6.45, 7) is 0. The van der Waals surface area contributed by atoms with E-state index in [9.17, 15) is 19.7 Å². The lowest BCUT2D eigenvalue weighted by Crippen LogP contribution is -2.17. The van der Waals surface area contributed by atoms with Crippen LogP contribution < -0.4 is 10.2 Å². The van der Waals surface area contributed by atoms with Crippen LogP contribution in [-0.4, -0.2) is 23.0 Å². The Morgan fingerprint density at radius 2 is 1.65 bits per heavy atom. The number of nitro groups is 1. The molecule has 0 saturated heterocycles. The van der Waals surface area contributed by atoms with Gasteiger partial charge in [0.15, 0.2) is 0 Å². The molecule has 31 heavy (non-hydrogen) atoms. The topological polar surface area (TPSA) is 135 Å². The third-order valence-electron chi connectivity index (χ3n) is 4.08. The Morgan fingerprint density at radius 1 is 1.00 bits per heavy atom. The van der Waals surface area contributed by atoms with Crippen molar-refractivity contribution >= 4 is 23.8 Å². The van der Waals surface area contributed by atoms with E-state index in [1.165, 1.54) is 54.7 Å². The Labute approximate surface area is 176 Å². The molecule has 0 spiro atoms. The molecule has 0 bridgehead atoms. The van der Waals surface area contributed by atoms with Gasteiger partial charge in [-0.15, -0.1) is 0 Å². The molecule has 0 aromatic heterocycles. The molecule has 0 radical (unpaired) electrons. The summed E-state index contributed by atoms with van der Waals surface area (Å²) in [5.74, 6) is -0.972. The lowest BCUT2D eigenvalue weighted by Gasteiger charge is -2.07. The number of benzene rings is 3. The first kappa shape index (κ1) is 20.9. The molecule has 0 aliphatic rings. The van der Waals surface area contributed by atoms with Crippen molar-refractivity contribution in [1.29, 1.82) is 5.26 Å². The van der Waals surface area contributed by atoms with E-state index in [-0.39, 0.29) is 17.0 Å². The molecular weight excluding hydrogens is 400 g/mol. The molecule has 9 heteroatoms. The fourth-order valence-corrected chi connectivity index (χ4v) is 2.48. The molecular formula is C22H14N4O5. The number of para-hydroxylation sites is 1. The minimum absolute atomic E-state index is 0.137. The number of ether oxygens (including phenoxy) is 1. The molecule has 1 amide bonds. The maximum absolute atomic E-state index is 12.3. The van der Waals surface area contributed by atoms with Gasteiger partial charge in [-0.1, -0.05) is 12.1 Å². The minimum atomic E-state index is -0.697. The van der Waals surface area contributed by atoms with Crippen molar-refractivity contribution in [3.8, 4) is 11.8 Å². The van der Waals surface area contributed by atoms with Crippen LogP contribution in [0.4, 0.5) is 5.69 Å². The van der Waals surface area contributed by atoms with Crippen LogP contribution in [0.1, 0.15) is 31.8 Å². The van der Waals surface area contributed by atoms with Gasteiger partial charge in [-0.05, 0) is 48.5 Å². The first-order valence-electron chi connectivity index (χ1n) is 8.87. The summed E-state index contributed by atoms with van der Waals surface area (Å²) in [6, 6.07) is 19.6. The fraction of sp³-hybridized carbons (Fsp3) is 0. The summed E-state index contributed by atoms with van der Waals surface area (Å²) in [6.07, 6.45) is 1.32. The standard InChI is InChI=1S/C22H14N4O5/c23-13-15-5-7-16(8-6-15)21(27)25-24-14-18-3-1-2-4-20(18)31-22(28)17-9-11-19(12-10-17)26(29)30/h1-12,14H,(H,25,27)/b24-14-. The third-order valence-corrected chi connectivity index (χ3v) is 4.08. The van der Waals surface area contributed by atoms with E-state index in [0.29, 0.717) is 16.7 Å². The van der Waals surface area contributed by atoms with Gasteiger partial charge >= 0.3 is 5.97 Å². The summed E-state index contributed by atoms with van der Waals surface area (Å²) < 4.78 is 5.36. The van der Waals surface area contributed by atoms with Crippen molar-refractivity contribution in [2.75, 3.05) is 0 Å². The monoisotopic (exact) mass is 414 g/mol. The molecule has 3 aromatic rings. The Morgan fingerprint density at radius 3 is 2.29 bits per heavy atom. The van der Waals surface area contributed by atoms with Crippen LogP contribution in [0.15, 0.2) is 77.9 Å². The number of amides is 1. The highest BCUT2D eigenvalue weighted by atomic mass is 16.6. The number of rotatable bonds is 6. The molecule has 0 aliphatic carbocycles. The number of nitrogens with one attached hydrogen (secondary N) is 1. The molecule has 0 atom stereocenters. The first-order valence-corrected chi connectivity index (χ1v) is 8.87. The van der Waals surface area contributed by atoms with Gasteiger partial charge < -0.3 is 4.74 Å². The highest BCUT2D eigenvalue weighted by Gasteiger charge is 2.13. The summed E-state index contributed by atoms with van der Waals surface area (Å²) in [4.78, 5) is 34.6. The molecule has 0 heterocycles. The third kappa shape index (κ3) is 5.36. The van der Waals surface area contributed by atoms with Gasteiger partial charge in [0.2, 0.25) is 0 Å². The zero-order valence-electron chi connectivity index (χ0n) is 15.9. The van der Waals surface area contributed by atoms with Gasteiger partial charge in [0.05, 0.1) is 28.3 Å². The Hall–Kier alpha value is -4.84. The highest BCUT2D eigenvalue weighted by molar-refractivity contribution is 5.96. The van der Waals surface area contributed by atoms with Gasteiger partial charge in [-0.25, -0.2) is 10.2 Å². The number of hydrogen-bond donors (Lipinski definition) is 1. The van der Waals surface area contributed by atoms with Crippen LogP contribution in [0.3, 0.4) is 0 Å². The van der Waals surface area contributed by atoms with Crippen LogP contribution in [0.2, 0.25) is 0 Å². The van der Waals surface area contributed by atoms with Crippen LogP contribution in [-0.2, 0) is 0 Å². The van der Waals surface area contributed by atoms with Crippen molar-refractivity contribution in [2.24, 2.45) is 5.10 Å². The number of nitro benzene ring substituents is 1. The number of esters is 1.